The Morgan fingerprint density at radius 3 is 2.46 bits per heavy atom. The number of aryl methyl sites for hydroxylation is 1. The largest absolute Gasteiger partial charge is 0.497 e. The SMILES string of the molecule is CNCc1ncn(C)n1.COc1ccc(S(=O)n2ccc(C=O)n2)cc1. The van der Waals surface area contributed by atoms with Crippen molar-refractivity contribution in [2.45, 2.75) is 11.4 Å². The molecule has 26 heavy (non-hydrogen) atoms. The maximum absolute atomic E-state index is 12.0. The van der Waals surface area contributed by atoms with Crippen LogP contribution >= 0.6 is 0 Å². The van der Waals surface area contributed by atoms with E-state index in [2.05, 4.69) is 20.5 Å². The molecule has 0 radical (unpaired) electrons. The van der Waals surface area contributed by atoms with Gasteiger partial charge in [0.1, 0.15) is 17.8 Å². The van der Waals surface area contributed by atoms with Gasteiger partial charge in [0.25, 0.3) is 0 Å². The van der Waals surface area contributed by atoms with Gasteiger partial charge in [-0.1, -0.05) is 0 Å². The van der Waals surface area contributed by atoms with Crippen LogP contribution in [0.3, 0.4) is 0 Å². The molecule has 2 heterocycles. The number of nitrogens with one attached hydrogen (secondary N) is 1. The zero-order chi connectivity index (χ0) is 18.9. The fourth-order valence-electron chi connectivity index (χ4n) is 1.90. The van der Waals surface area contributed by atoms with Crippen LogP contribution in [-0.2, 0) is 24.6 Å². The molecule has 0 aliphatic carbocycles. The molecule has 0 fully saturated rings. The standard InChI is InChI=1S/C11H10N2O3S.C5H10N4/c1-16-10-2-4-11(5-3-10)17(15)13-7-6-9(8-14)12-13;1-6-3-5-7-4-9(2)8-5/h2-8H,1H3;4,6H,3H2,1-2H3. The number of hydrogen-bond acceptors (Lipinski definition) is 7. The highest BCUT2D eigenvalue weighted by Crippen LogP contribution is 2.15. The summed E-state index contributed by atoms with van der Waals surface area (Å²) in [5, 5.41) is 10.9. The molecule has 3 aromatic rings. The second-order valence-electron chi connectivity index (χ2n) is 5.05. The lowest BCUT2D eigenvalue weighted by Crippen LogP contribution is -2.06. The first kappa shape index (κ1) is 19.5. The normalized spacial score (nSPS) is 11.3. The number of hydrogen-bond donors (Lipinski definition) is 1. The van der Waals surface area contributed by atoms with Crippen molar-refractivity contribution in [2.75, 3.05) is 14.2 Å². The van der Waals surface area contributed by atoms with Crippen molar-refractivity contribution < 1.29 is 13.7 Å². The van der Waals surface area contributed by atoms with Crippen molar-refractivity contribution in [3.8, 4) is 5.75 Å². The number of aldehydes is 1. The van der Waals surface area contributed by atoms with E-state index in [0.717, 1.165) is 12.4 Å². The van der Waals surface area contributed by atoms with Gasteiger partial charge in [-0.25, -0.2) is 9.19 Å². The molecule has 0 amide bonds. The first-order valence-corrected chi connectivity index (χ1v) is 8.74. The number of nitrogens with zero attached hydrogens (tertiary/aromatic N) is 5. The van der Waals surface area contributed by atoms with Crippen LogP contribution in [0.15, 0.2) is 47.8 Å². The summed E-state index contributed by atoms with van der Waals surface area (Å²) in [5.74, 6) is 1.53. The van der Waals surface area contributed by atoms with Crippen molar-refractivity contribution >= 4 is 17.3 Å². The molecule has 9 nitrogen and oxygen atoms in total. The molecule has 2 aromatic heterocycles. The second-order valence-corrected chi connectivity index (χ2v) is 6.39. The first-order chi connectivity index (χ1) is 12.6. The third-order valence-corrected chi connectivity index (χ3v) is 4.34. The highest BCUT2D eigenvalue weighted by molar-refractivity contribution is 7.83. The van der Waals surface area contributed by atoms with E-state index in [1.54, 1.807) is 42.4 Å². The maximum Gasteiger partial charge on any atom is 0.173 e. The fourth-order valence-corrected chi connectivity index (χ4v) is 2.82. The second kappa shape index (κ2) is 9.59. The molecule has 0 saturated heterocycles. The molecule has 0 spiro atoms. The summed E-state index contributed by atoms with van der Waals surface area (Å²) in [7, 11) is 3.84. The van der Waals surface area contributed by atoms with Gasteiger partial charge >= 0.3 is 0 Å². The molecule has 0 saturated carbocycles. The van der Waals surface area contributed by atoms with Crippen LogP contribution in [0.5, 0.6) is 5.75 Å². The molecule has 0 aliphatic heterocycles. The lowest BCUT2D eigenvalue weighted by molar-refractivity contribution is 0.111. The van der Waals surface area contributed by atoms with Gasteiger partial charge in [0.2, 0.25) is 0 Å². The van der Waals surface area contributed by atoms with Crippen LogP contribution in [0.2, 0.25) is 0 Å². The average Bonchev–Trinajstić information content (AvgIpc) is 3.31. The molecule has 10 heteroatoms. The lowest BCUT2D eigenvalue weighted by atomic mass is 10.3. The molecule has 3 rings (SSSR count). The lowest BCUT2D eigenvalue weighted by Gasteiger charge is -2.03. The summed E-state index contributed by atoms with van der Waals surface area (Å²) in [6, 6.07) is 8.33. The number of rotatable bonds is 6. The number of aromatic nitrogens is 5. The minimum absolute atomic E-state index is 0.256. The van der Waals surface area contributed by atoms with E-state index in [4.69, 9.17) is 4.74 Å². The van der Waals surface area contributed by atoms with Crippen LogP contribution in [0.4, 0.5) is 0 Å². The molecule has 0 aliphatic rings. The van der Waals surface area contributed by atoms with Gasteiger partial charge in [-0.3, -0.25) is 9.48 Å². The van der Waals surface area contributed by atoms with Crippen LogP contribution < -0.4 is 10.1 Å². The number of benzene rings is 1. The van der Waals surface area contributed by atoms with E-state index < -0.39 is 11.0 Å². The first-order valence-electron chi connectivity index (χ1n) is 7.63. The Balaban J connectivity index is 0.000000228. The Kier molecular flexibility index (Phi) is 7.18. The number of ether oxygens (including phenoxy) is 1. The molecule has 1 aromatic carbocycles. The summed E-state index contributed by atoms with van der Waals surface area (Å²) >= 11 is 0. The summed E-state index contributed by atoms with van der Waals surface area (Å²) in [4.78, 5) is 15.1. The Morgan fingerprint density at radius 1 is 1.23 bits per heavy atom. The summed E-state index contributed by atoms with van der Waals surface area (Å²) in [5.41, 5.74) is 0.256. The van der Waals surface area contributed by atoms with Crippen molar-refractivity contribution in [3.05, 3.63) is 54.4 Å². The molecular weight excluding hydrogens is 356 g/mol. The molecule has 138 valence electrons. The van der Waals surface area contributed by atoms with Crippen molar-refractivity contribution in [2.24, 2.45) is 7.05 Å². The third kappa shape index (κ3) is 5.33. The van der Waals surface area contributed by atoms with Gasteiger partial charge in [-0.15, -0.1) is 0 Å². The van der Waals surface area contributed by atoms with E-state index in [1.165, 1.54) is 16.4 Å². The number of carbonyl (C=O) groups is 1. The van der Waals surface area contributed by atoms with Crippen LogP contribution in [0.25, 0.3) is 0 Å². The predicted molar refractivity (Wildman–Crippen MR) is 96.2 cm³/mol. The zero-order valence-electron chi connectivity index (χ0n) is 14.7. The van der Waals surface area contributed by atoms with Crippen LogP contribution in [-0.4, -0.2) is 48.6 Å². The van der Waals surface area contributed by atoms with E-state index >= 15 is 0 Å². The van der Waals surface area contributed by atoms with Crippen LogP contribution in [0.1, 0.15) is 16.3 Å². The minimum atomic E-state index is -1.45. The van der Waals surface area contributed by atoms with Crippen molar-refractivity contribution in [3.63, 3.8) is 0 Å². The van der Waals surface area contributed by atoms with E-state index in [-0.39, 0.29) is 5.69 Å². The summed E-state index contributed by atoms with van der Waals surface area (Å²) in [6.45, 7) is 0.737. The van der Waals surface area contributed by atoms with Gasteiger partial charge in [-0.05, 0) is 37.4 Å². The number of methoxy groups -OCH3 is 1. The van der Waals surface area contributed by atoms with Gasteiger partial charge < -0.3 is 10.1 Å². The topological polar surface area (TPSA) is 104 Å². The third-order valence-electron chi connectivity index (χ3n) is 3.12. The van der Waals surface area contributed by atoms with E-state index in [0.29, 0.717) is 16.9 Å². The maximum atomic E-state index is 12.0. The predicted octanol–water partition coefficient (Wildman–Crippen LogP) is 0.810. The quantitative estimate of drug-likeness (QED) is 0.635. The number of carbonyl (C=O) groups excluding carboxylic acids is 1. The zero-order valence-corrected chi connectivity index (χ0v) is 15.5. The Hall–Kier alpha value is -2.85. The Labute approximate surface area is 153 Å². The van der Waals surface area contributed by atoms with Crippen molar-refractivity contribution in [1.29, 1.82) is 0 Å². The minimum Gasteiger partial charge on any atom is -0.497 e. The molecule has 1 unspecified atom stereocenters. The highest BCUT2D eigenvalue weighted by Gasteiger charge is 2.08. The molecule has 0 bridgehead atoms. The summed E-state index contributed by atoms with van der Waals surface area (Å²) in [6.07, 6.45) is 3.80. The average molecular weight is 376 g/mol. The van der Waals surface area contributed by atoms with Gasteiger partial charge in [0.15, 0.2) is 23.1 Å². The van der Waals surface area contributed by atoms with Gasteiger partial charge in [-0.2, -0.15) is 14.3 Å². The van der Waals surface area contributed by atoms with Crippen molar-refractivity contribution in [1.82, 2.24) is 29.3 Å². The molecule has 1 N–H and O–H groups in total. The van der Waals surface area contributed by atoms with Gasteiger partial charge in [0.05, 0.1) is 18.6 Å². The van der Waals surface area contributed by atoms with Crippen LogP contribution in [0, 0.1) is 0 Å². The monoisotopic (exact) mass is 376 g/mol. The fraction of sp³-hybridized carbons (Fsp3) is 0.250. The Bertz CT molecular complexity index is 859. The molecule has 1 atom stereocenters. The highest BCUT2D eigenvalue weighted by atomic mass is 32.2. The van der Waals surface area contributed by atoms with Gasteiger partial charge in [0, 0.05) is 13.2 Å². The molecular formula is C16H20N6O3S. The summed E-state index contributed by atoms with van der Waals surface area (Å²) < 4.78 is 20.0. The smallest absolute Gasteiger partial charge is 0.173 e. The van der Waals surface area contributed by atoms with E-state index in [1.807, 2.05) is 14.1 Å². The van der Waals surface area contributed by atoms with E-state index in [9.17, 15) is 9.00 Å². The Morgan fingerprint density at radius 2 is 1.96 bits per heavy atom.